The van der Waals surface area contributed by atoms with E-state index in [4.69, 9.17) is 21.1 Å². The smallest absolute Gasteiger partial charge is 0.407 e. The Kier molecular flexibility index (Phi) is 8.30. The SMILES string of the molecule is CCN(CC1NC=C(c2cc(F)c3c(c2)OC(c2ccc(C4CC4)s2)n2c-3cc3cc(Cl)ccc32)N1)C(=O)[C@@H](NC(=O)OC)C(C)C. The van der Waals surface area contributed by atoms with Crippen molar-refractivity contribution in [1.29, 1.82) is 0 Å². The van der Waals surface area contributed by atoms with Crippen LogP contribution in [0.5, 0.6) is 5.75 Å². The van der Waals surface area contributed by atoms with Crippen molar-refractivity contribution in [2.24, 2.45) is 5.92 Å². The van der Waals surface area contributed by atoms with E-state index in [1.54, 1.807) is 22.4 Å². The van der Waals surface area contributed by atoms with Crippen LogP contribution in [-0.2, 0) is 9.53 Å². The van der Waals surface area contributed by atoms with Crippen LogP contribution < -0.4 is 20.7 Å². The second kappa shape index (κ2) is 12.4. The molecule has 2 aromatic heterocycles. The molecule has 3 aliphatic rings. The highest BCUT2D eigenvalue weighted by Crippen LogP contribution is 2.49. The summed E-state index contributed by atoms with van der Waals surface area (Å²) in [6.45, 7) is 6.38. The Bertz CT molecular complexity index is 1900. The number of halogens is 2. The van der Waals surface area contributed by atoms with E-state index >= 15 is 4.39 Å². The summed E-state index contributed by atoms with van der Waals surface area (Å²) >= 11 is 8.11. The first kappa shape index (κ1) is 31.4. The zero-order chi connectivity index (χ0) is 33.0. The normalized spacial score (nSPS) is 18.8. The third-order valence-electron chi connectivity index (χ3n) is 9.01. The molecule has 4 heterocycles. The van der Waals surface area contributed by atoms with Crippen molar-refractivity contribution in [2.45, 2.75) is 58.0 Å². The van der Waals surface area contributed by atoms with E-state index in [1.165, 1.54) is 30.9 Å². The Morgan fingerprint density at radius 3 is 2.68 bits per heavy atom. The number of nitrogens with one attached hydrogen (secondary N) is 3. The van der Waals surface area contributed by atoms with Gasteiger partial charge in [-0.25, -0.2) is 9.18 Å². The van der Waals surface area contributed by atoms with Gasteiger partial charge in [0.05, 0.1) is 41.0 Å². The predicted octanol–water partition coefficient (Wildman–Crippen LogP) is 7.03. The molecule has 2 aliphatic heterocycles. The molecule has 12 heteroatoms. The van der Waals surface area contributed by atoms with Crippen LogP contribution in [0, 0.1) is 11.7 Å². The van der Waals surface area contributed by atoms with E-state index in [0.29, 0.717) is 46.6 Å². The molecule has 0 saturated heterocycles. The molecule has 0 bridgehead atoms. The summed E-state index contributed by atoms with van der Waals surface area (Å²) in [5, 5.41) is 10.9. The standard InChI is InChI=1S/C35H37ClFN5O4S/c1-5-41(33(43)32(18(2)3)40-35(44)45-4)17-30-38-16-24(39-30)20-13-23(37)31-26-14-21-12-22(36)8-9-25(21)42(26)34(46-27(31)15-20)29-11-10-28(47-29)19-6-7-19/h8-16,18-19,30,32,34,38-39H,5-7,17H2,1-4H3,(H,40,44)/t30?,32-,34?/m0/s1. The average molecular weight is 678 g/mol. The topological polar surface area (TPSA) is 96.9 Å². The molecule has 0 radical (unpaired) electrons. The van der Waals surface area contributed by atoms with Crippen molar-refractivity contribution in [3.63, 3.8) is 0 Å². The number of thiophene rings is 1. The second-order valence-corrected chi connectivity index (χ2v) is 14.2. The average Bonchev–Trinajstić information content (AvgIpc) is 3.42. The van der Waals surface area contributed by atoms with Crippen molar-refractivity contribution in [3.8, 4) is 17.0 Å². The van der Waals surface area contributed by atoms with Gasteiger partial charge < -0.3 is 30.3 Å². The number of amides is 2. The zero-order valence-electron chi connectivity index (χ0n) is 26.6. The summed E-state index contributed by atoms with van der Waals surface area (Å²) in [6.07, 6.45) is 2.77. The molecule has 2 amide bonds. The number of rotatable bonds is 9. The number of aromatic nitrogens is 1. The summed E-state index contributed by atoms with van der Waals surface area (Å²) in [4.78, 5) is 29.4. The number of hydrogen-bond donors (Lipinski definition) is 3. The minimum atomic E-state index is -0.730. The number of carbonyl (C=O) groups excluding carboxylic acids is 2. The van der Waals surface area contributed by atoms with Crippen LogP contribution in [0.3, 0.4) is 0 Å². The number of methoxy groups -OCH3 is 1. The van der Waals surface area contributed by atoms with Gasteiger partial charge >= 0.3 is 6.09 Å². The summed E-state index contributed by atoms with van der Waals surface area (Å²) in [5.41, 5.74) is 3.36. The number of alkyl carbamates (subject to hydrolysis) is 1. The van der Waals surface area contributed by atoms with E-state index in [2.05, 4.69) is 32.7 Å². The Balaban J connectivity index is 1.16. The van der Waals surface area contributed by atoms with Crippen LogP contribution in [0.15, 0.2) is 54.7 Å². The van der Waals surface area contributed by atoms with Gasteiger partial charge in [0.15, 0.2) is 0 Å². The fourth-order valence-corrected chi connectivity index (χ4v) is 7.77. The van der Waals surface area contributed by atoms with Crippen LogP contribution in [0.1, 0.15) is 61.1 Å². The molecule has 9 nitrogen and oxygen atoms in total. The first-order chi connectivity index (χ1) is 22.6. The molecule has 3 atom stereocenters. The fraction of sp³-hybridized carbons (Fsp3) is 0.371. The quantitative estimate of drug-likeness (QED) is 0.176. The largest absolute Gasteiger partial charge is 0.464 e. The van der Waals surface area contributed by atoms with Gasteiger partial charge in [-0.1, -0.05) is 25.4 Å². The van der Waals surface area contributed by atoms with Crippen molar-refractivity contribution in [2.75, 3.05) is 20.2 Å². The van der Waals surface area contributed by atoms with E-state index in [9.17, 15) is 9.59 Å². The molecule has 1 aliphatic carbocycles. The van der Waals surface area contributed by atoms with Gasteiger partial charge in [0, 0.05) is 33.6 Å². The van der Waals surface area contributed by atoms with E-state index in [1.807, 2.05) is 51.1 Å². The lowest BCUT2D eigenvalue weighted by Gasteiger charge is -2.31. The number of likely N-dealkylation sites (N-methyl/N-ethyl adjacent to an activating group) is 1. The fourth-order valence-electron chi connectivity index (χ4n) is 6.39. The molecule has 0 spiro atoms. The number of carbonyl (C=O) groups is 2. The first-order valence-corrected chi connectivity index (χ1v) is 17.1. The maximum atomic E-state index is 16.2. The predicted molar refractivity (Wildman–Crippen MR) is 182 cm³/mol. The highest BCUT2D eigenvalue weighted by Gasteiger charge is 2.35. The lowest BCUT2D eigenvalue weighted by Crippen LogP contribution is -2.54. The van der Waals surface area contributed by atoms with Crippen LogP contribution in [0.4, 0.5) is 9.18 Å². The van der Waals surface area contributed by atoms with Crippen molar-refractivity contribution >= 4 is 51.5 Å². The van der Waals surface area contributed by atoms with Crippen LogP contribution in [0.2, 0.25) is 5.02 Å². The number of fused-ring (bicyclic) bond motifs is 5. The van der Waals surface area contributed by atoms with Crippen LogP contribution >= 0.6 is 22.9 Å². The molecule has 2 unspecified atom stereocenters. The molecule has 1 fully saturated rings. The van der Waals surface area contributed by atoms with E-state index in [-0.39, 0.29) is 18.0 Å². The van der Waals surface area contributed by atoms with Gasteiger partial charge in [0.1, 0.15) is 23.8 Å². The number of hydrogen-bond acceptors (Lipinski definition) is 7. The molecule has 1 saturated carbocycles. The van der Waals surface area contributed by atoms with Crippen LogP contribution in [-0.4, -0.2) is 53.9 Å². The first-order valence-electron chi connectivity index (χ1n) is 15.9. The maximum absolute atomic E-state index is 16.2. The summed E-state index contributed by atoms with van der Waals surface area (Å²) in [6, 6.07) is 14.6. The second-order valence-electron chi connectivity index (χ2n) is 12.6. The van der Waals surface area contributed by atoms with Gasteiger partial charge in [-0.3, -0.25) is 9.36 Å². The lowest BCUT2D eigenvalue weighted by atomic mass is 10.0. The number of ether oxygens (including phenoxy) is 2. The molecular weight excluding hydrogens is 641 g/mol. The van der Waals surface area contributed by atoms with Gasteiger partial charge in [-0.05, 0) is 80.1 Å². The summed E-state index contributed by atoms with van der Waals surface area (Å²) in [7, 11) is 1.27. The molecule has 246 valence electrons. The highest BCUT2D eigenvalue weighted by atomic mass is 35.5. The minimum absolute atomic E-state index is 0.138. The minimum Gasteiger partial charge on any atom is -0.464 e. The van der Waals surface area contributed by atoms with E-state index < -0.39 is 24.2 Å². The Morgan fingerprint density at radius 1 is 1.17 bits per heavy atom. The Morgan fingerprint density at radius 2 is 1.96 bits per heavy atom. The zero-order valence-corrected chi connectivity index (χ0v) is 28.2. The van der Waals surface area contributed by atoms with Gasteiger partial charge in [0.2, 0.25) is 12.1 Å². The van der Waals surface area contributed by atoms with E-state index in [0.717, 1.165) is 21.5 Å². The highest BCUT2D eigenvalue weighted by molar-refractivity contribution is 7.12. The third-order valence-corrected chi connectivity index (χ3v) is 10.5. The number of nitrogens with zero attached hydrogens (tertiary/aromatic N) is 2. The Hall–Kier alpha value is -4.22. The molecular formula is C35H37ClFN5O4S. The molecule has 47 heavy (non-hydrogen) atoms. The monoisotopic (exact) mass is 677 g/mol. The van der Waals surface area contributed by atoms with Crippen molar-refractivity contribution in [1.82, 2.24) is 25.4 Å². The summed E-state index contributed by atoms with van der Waals surface area (Å²) in [5.74, 6) is 0.327. The molecule has 3 N–H and O–H groups in total. The lowest BCUT2D eigenvalue weighted by molar-refractivity contribution is -0.134. The number of benzene rings is 2. The molecule has 4 aromatic rings. The molecule has 7 rings (SSSR count). The van der Waals surface area contributed by atoms with Gasteiger partial charge in [0.25, 0.3) is 0 Å². The summed E-state index contributed by atoms with van der Waals surface area (Å²) < 4.78 is 29.7. The Labute approximate surface area is 281 Å². The van der Waals surface area contributed by atoms with Crippen molar-refractivity contribution < 1.29 is 23.5 Å². The molecule has 2 aromatic carbocycles. The van der Waals surface area contributed by atoms with Crippen molar-refractivity contribution in [3.05, 3.63) is 80.9 Å². The van der Waals surface area contributed by atoms with Gasteiger partial charge in [-0.15, -0.1) is 11.3 Å². The maximum Gasteiger partial charge on any atom is 0.407 e. The third kappa shape index (κ3) is 5.91. The van der Waals surface area contributed by atoms with Crippen LogP contribution in [0.25, 0.3) is 27.9 Å². The van der Waals surface area contributed by atoms with Gasteiger partial charge in [-0.2, -0.15) is 0 Å².